The Morgan fingerprint density at radius 1 is 1.33 bits per heavy atom. The highest BCUT2D eigenvalue weighted by molar-refractivity contribution is 6.01. The summed E-state index contributed by atoms with van der Waals surface area (Å²) in [5, 5.41) is -0.0468. The fourth-order valence-corrected chi connectivity index (χ4v) is 1.01. The third-order valence-electron chi connectivity index (χ3n) is 1.34. The van der Waals surface area contributed by atoms with Crippen molar-refractivity contribution in [1.29, 1.82) is 0 Å². The second-order valence-electron chi connectivity index (χ2n) is 2.02. The summed E-state index contributed by atoms with van der Waals surface area (Å²) < 4.78 is 50.6. The molecule has 3 heteroatoms. The minimum Gasteiger partial charge on any atom is -0.652 e. The zero-order valence-electron chi connectivity index (χ0n) is 11.9. The third kappa shape index (κ3) is 1.18. The van der Waals surface area contributed by atoms with E-state index < -0.39 is 18.3 Å². The van der Waals surface area contributed by atoms with Crippen LogP contribution in [-0.4, -0.2) is 21.6 Å². The summed E-state index contributed by atoms with van der Waals surface area (Å²) in [6.07, 6.45) is -0.424. The van der Waals surface area contributed by atoms with Gasteiger partial charge in [-0.05, 0) is 12.1 Å². The van der Waals surface area contributed by atoms with Gasteiger partial charge in [-0.15, -0.1) is 0 Å². The summed E-state index contributed by atoms with van der Waals surface area (Å²) in [6, 6.07) is -1.85. The summed E-state index contributed by atoms with van der Waals surface area (Å²) in [4.78, 5) is 3.77. The Bertz CT molecular complexity index is 654. The lowest BCUT2D eigenvalue weighted by molar-refractivity contribution is 0.622. The van der Waals surface area contributed by atoms with Gasteiger partial charge in [-0.1, -0.05) is 18.1 Å². The van der Waals surface area contributed by atoms with Crippen LogP contribution >= 0.6 is 0 Å². The molecule has 1 heterocycles. The van der Waals surface area contributed by atoms with Crippen LogP contribution in [0, 0.1) is 0 Å². The SMILES string of the molecule is [2H]c1nc2c([O][Al])c([2H])c([2H])c([2H])c2c([2H])c1[2H]. The van der Waals surface area contributed by atoms with E-state index in [9.17, 15) is 0 Å². The van der Waals surface area contributed by atoms with Gasteiger partial charge >= 0.3 is 16.6 Å². The average Bonchev–Trinajstić information content (AvgIpc) is 2.34. The number of hydrogen-bond donors (Lipinski definition) is 0. The monoisotopic (exact) mass is 177 g/mol. The normalized spacial score (nSPS) is 17.0. The van der Waals surface area contributed by atoms with Crippen molar-refractivity contribution in [3.8, 4) is 5.75 Å². The number of benzene rings is 1. The summed E-state index contributed by atoms with van der Waals surface area (Å²) >= 11 is 1.91. The van der Waals surface area contributed by atoms with Gasteiger partial charge in [0.05, 0.1) is 8.22 Å². The first kappa shape index (κ1) is 3.37. The second kappa shape index (κ2) is 3.14. The van der Waals surface area contributed by atoms with Crippen LogP contribution in [0.1, 0.15) is 8.22 Å². The van der Waals surface area contributed by atoms with E-state index in [1.54, 1.807) is 0 Å². The van der Waals surface area contributed by atoms with Gasteiger partial charge in [-0.2, -0.15) is 0 Å². The molecular weight excluding hydrogens is 165 g/mol. The van der Waals surface area contributed by atoms with Crippen molar-refractivity contribution in [2.75, 3.05) is 0 Å². The minimum atomic E-state index is -0.424. The van der Waals surface area contributed by atoms with Crippen LogP contribution in [0.4, 0.5) is 0 Å². The van der Waals surface area contributed by atoms with Gasteiger partial charge in [0, 0.05) is 11.6 Å². The average molecular weight is 177 g/mol. The summed E-state index contributed by atoms with van der Waals surface area (Å²) in [6.45, 7) is 0. The second-order valence-corrected chi connectivity index (χ2v) is 2.25. The van der Waals surface area contributed by atoms with Gasteiger partial charge < -0.3 is 3.79 Å². The van der Waals surface area contributed by atoms with E-state index in [1.165, 1.54) is 0 Å². The van der Waals surface area contributed by atoms with Crippen molar-refractivity contribution in [3.05, 3.63) is 36.4 Å². The number of fused-ring (bicyclic) bond motifs is 1. The van der Waals surface area contributed by atoms with Crippen LogP contribution in [0.5, 0.6) is 5.75 Å². The predicted molar refractivity (Wildman–Crippen MR) is 48.1 cm³/mol. The first-order valence-corrected chi connectivity index (χ1v) is 3.61. The molecule has 0 N–H and O–H groups in total. The highest BCUT2D eigenvalue weighted by atomic mass is 27.1. The molecular formula is C9H6AlNO. The fourth-order valence-electron chi connectivity index (χ4n) is 0.839. The number of nitrogens with zero attached hydrogens (tertiary/aromatic N) is 1. The van der Waals surface area contributed by atoms with Crippen LogP contribution in [-0.2, 0) is 0 Å². The quantitative estimate of drug-likeness (QED) is 0.618. The van der Waals surface area contributed by atoms with Crippen LogP contribution in [0.25, 0.3) is 10.9 Å². The van der Waals surface area contributed by atoms with E-state index in [1.807, 2.05) is 16.6 Å². The Morgan fingerprint density at radius 3 is 3.00 bits per heavy atom. The van der Waals surface area contributed by atoms with E-state index in [4.69, 9.17) is 12.0 Å². The topological polar surface area (TPSA) is 22.1 Å². The van der Waals surface area contributed by atoms with Gasteiger partial charge in [-0.25, -0.2) is 0 Å². The highest BCUT2D eigenvalue weighted by Crippen LogP contribution is 2.21. The molecule has 0 spiro atoms. The lowest BCUT2D eigenvalue weighted by Crippen LogP contribution is -1.87. The number of rotatable bonds is 1. The van der Waals surface area contributed by atoms with Gasteiger partial charge in [0.25, 0.3) is 0 Å². The number of para-hydroxylation sites is 1. The molecule has 0 fully saturated rings. The first-order valence-electron chi connectivity index (χ1n) is 6.14. The van der Waals surface area contributed by atoms with Crippen LogP contribution in [0.15, 0.2) is 36.4 Å². The maximum absolute atomic E-state index is 7.73. The molecule has 0 amide bonds. The zero-order chi connectivity index (χ0) is 13.6. The lowest BCUT2D eigenvalue weighted by Gasteiger charge is -2.04. The largest absolute Gasteiger partial charge is 0.652 e. The number of pyridine rings is 1. The summed E-state index contributed by atoms with van der Waals surface area (Å²) in [5.74, 6) is -0.0852. The summed E-state index contributed by atoms with van der Waals surface area (Å²) in [7, 11) is 0. The molecule has 1 aromatic carbocycles. The Balaban J connectivity index is 3.11. The maximum Gasteiger partial charge on any atom is 0.482 e. The smallest absolute Gasteiger partial charge is 0.482 e. The molecule has 2 nitrogen and oxygen atoms in total. The molecule has 0 saturated heterocycles. The molecule has 0 atom stereocenters. The van der Waals surface area contributed by atoms with E-state index >= 15 is 0 Å². The molecule has 0 aliphatic carbocycles. The molecule has 2 rings (SSSR count). The molecule has 0 unspecified atom stereocenters. The molecule has 2 radical (unpaired) electrons. The molecule has 2 aromatic rings. The Labute approximate surface area is 87.4 Å². The van der Waals surface area contributed by atoms with E-state index in [-0.39, 0.29) is 34.8 Å². The van der Waals surface area contributed by atoms with Crippen LogP contribution in [0.2, 0.25) is 0 Å². The molecule has 12 heavy (non-hydrogen) atoms. The van der Waals surface area contributed by atoms with Crippen LogP contribution in [0.3, 0.4) is 0 Å². The molecule has 0 aliphatic heterocycles. The van der Waals surface area contributed by atoms with Crippen LogP contribution < -0.4 is 3.79 Å². The Kier molecular flexibility index (Phi) is 0.883. The highest BCUT2D eigenvalue weighted by Gasteiger charge is 1.97. The molecule has 0 aliphatic rings. The first-order chi connectivity index (χ1) is 8.40. The number of aromatic nitrogens is 1. The van der Waals surface area contributed by atoms with Gasteiger partial charge in [0.1, 0.15) is 11.3 Å². The molecule has 56 valence electrons. The van der Waals surface area contributed by atoms with E-state index in [0.29, 0.717) is 0 Å². The third-order valence-corrected chi connectivity index (χ3v) is 1.58. The Hall–Kier alpha value is -1.04. The fraction of sp³-hybridized carbons (Fsp3) is 0. The predicted octanol–water partition coefficient (Wildman–Crippen LogP) is 1.70. The van der Waals surface area contributed by atoms with Gasteiger partial charge in [0.15, 0.2) is 0 Å². The lowest BCUT2D eigenvalue weighted by atomic mass is 10.2. The molecule has 0 saturated carbocycles. The van der Waals surface area contributed by atoms with Crippen molar-refractivity contribution in [1.82, 2.24) is 4.98 Å². The van der Waals surface area contributed by atoms with Crippen molar-refractivity contribution < 1.29 is 12.0 Å². The van der Waals surface area contributed by atoms with E-state index in [2.05, 4.69) is 4.98 Å². The molecule has 1 aromatic heterocycles. The zero-order valence-corrected chi connectivity index (χ0v) is 7.09. The van der Waals surface area contributed by atoms with Crippen molar-refractivity contribution >= 4 is 27.5 Å². The van der Waals surface area contributed by atoms with E-state index in [0.717, 1.165) is 0 Å². The van der Waals surface area contributed by atoms with Crippen molar-refractivity contribution in [2.45, 2.75) is 0 Å². The number of hydrogen-bond acceptors (Lipinski definition) is 2. The van der Waals surface area contributed by atoms with Crippen molar-refractivity contribution in [3.63, 3.8) is 0 Å². The van der Waals surface area contributed by atoms with Crippen molar-refractivity contribution in [2.24, 2.45) is 0 Å². The minimum absolute atomic E-state index is 0.0120. The maximum atomic E-state index is 7.73. The van der Waals surface area contributed by atoms with Gasteiger partial charge in [0.2, 0.25) is 0 Å². The summed E-state index contributed by atoms with van der Waals surface area (Å²) in [5.41, 5.74) is -0.0120. The molecule has 0 bridgehead atoms. The Morgan fingerprint density at radius 2 is 2.17 bits per heavy atom. The van der Waals surface area contributed by atoms with Gasteiger partial charge in [-0.3, -0.25) is 4.98 Å². The standard InChI is InChI=1S/C9H7NO.Al/c11-8-5-1-3-7-4-2-6-10-9(7)8;/h1-6,11H;/q;+1/p-1/i1D,2D,3D,4D,5D,6D;.